The predicted octanol–water partition coefficient (Wildman–Crippen LogP) is 1.97. The maximum Gasteiger partial charge on any atom is 0.238 e. The molecule has 1 aromatic heterocycles. The standard InChI is InChI=1S/C12H10N2O2S/c13-17(15,16)11-7-8-5-6-14-12(8)10-4-2-1-3-9(10)11/h1-7,14H,(H2,13,15,16). The molecule has 1 heterocycles. The Morgan fingerprint density at radius 1 is 1.06 bits per heavy atom. The third-order valence-electron chi connectivity index (χ3n) is 2.83. The molecule has 0 aliphatic heterocycles. The molecule has 0 amide bonds. The number of benzene rings is 2. The van der Waals surface area contributed by atoms with Gasteiger partial charge >= 0.3 is 0 Å². The number of hydrogen-bond donors (Lipinski definition) is 2. The van der Waals surface area contributed by atoms with Gasteiger partial charge in [0.2, 0.25) is 10.0 Å². The maximum atomic E-state index is 11.6. The molecule has 0 fully saturated rings. The highest BCUT2D eigenvalue weighted by Crippen LogP contribution is 2.29. The van der Waals surface area contributed by atoms with Gasteiger partial charge in [-0.25, -0.2) is 13.6 Å². The van der Waals surface area contributed by atoms with Gasteiger partial charge in [0.1, 0.15) is 0 Å². The Balaban J connectivity index is 2.64. The van der Waals surface area contributed by atoms with E-state index in [4.69, 9.17) is 5.14 Å². The van der Waals surface area contributed by atoms with Crippen LogP contribution in [0.1, 0.15) is 0 Å². The molecule has 5 heteroatoms. The fourth-order valence-electron chi connectivity index (χ4n) is 2.11. The molecule has 17 heavy (non-hydrogen) atoms. The molecular formula is C12H10N2O2S. The monoisotopic (exact) mass is 246 g/mol. The highest BCUT2D eigenvalue weighted by Gasteiger charge is 2.14. The van der Waals surface area contributed by atoms with Crippen LogP contribution in [0.3, 0.4) is 0 Å². The molecule has 0 saturated carbocycles. The van der Waals surface area contributed by atoms with Gasteiger partial charge in [0.05, 0.1) is 10.4 Å². The number of H-pyrrole nitrogens is 1. The number of aromatic amines is 1. The van der Waals surface area contributed by atoms with E-state index in [9.17, 15) is 8.42 Å². The number of primary sulfonamides is 1. The number of sulfonamides is 1. The quantitative estimate of drug-likeness (QED) is 0.688. The van der Waals surface area contributed by atoms with E-state index in [0.717, 1.165) is 16.3 Å². The predicted molar refractivity (Wildman–Crippen MR) is 67.2 cm³/mol. The summed E-state index contributed by atoms with van der Waals surface area (Å²) in [4.78, 5) is 3.27. The summed E-state index contributed by atoms with van der Waals surface area (Å²) in [6.45, 7) is 0. The van der Waals surface area contributed by atoms with E-state index >= 15 is 0 Å². The second-order valence-electron chi connectivity index (χ2n) is 3.91. The molecule has 0 unspecified atom stereocenters. The van der Waals surface area contributed by atoms with Crippen molar-refractivity contribution in [2.24, 2.45) is 5.14 Å². The summed E-state index contributed by atoms with van der Waals surface area (Å²) in [5.41, 5.74) is 0.924. The van der Waals surface area contributed by atoms with Crippen molar-refractivity contribution in [3.05, 3.63) is 42.6 Å². The van der Waals surface area contributed by atoms with Crippen LogP contribution in [0, 0.1) is 0 Å². The second-order valence-corrected chi connectivity index (χ2v) is 5.44. The van der Waals surface area contributed by atoms with E-state index in [1.807, 2.05) is 18.2 Å². The fourth-order valence-corrected chi connectivity index (χ4v) is 2.88. The lowest BCUT2D eigenvalue weighted by Gasteiger charge is -2.05. The molecule has 86 valence electrons. The highest BCUT2D eigenvalue weighted by atomic mass is 32.2. The number of nitrogens with two attached hydrogens (primary N) is 1. The van der Waals surface area contributed by atoms with E-state index in [2.05, 4.69) is 4.98 Å². The number of hydrogen-bond acceptors (Lipinski definition) is 2. The van der Waals surface area contributed by atoms with Gasteiger partial charge in [-0.1, -0.05) is 24.3 Å². The first-order valence-electron chi connectivity index (χ1n) is 5.09. The number of nitrogens with one attached hydrogen (secondary N) is 1. The van der Waals surface area contributed by atoms with Gasteiger partial charge in [-0.15, -0.1) is 0 Å². The van der Waals surface area contributed by atoms with Crippen molar-refractivity contribution < 1.29 is 8.42 Å². The van der Waals surface area contributed by atoms with E-state index < -0.39 is 10.0 Å². The Kier molecular flexibility index (Phi) is 2.01. The lowest BCUT2D eigenvalue weighted by Crippen LogP contribution is -2.12. The summed E-state index contributed by atoms with van der Waals surface area (Å²) >= 11 is 0. The van der Waals surface area contributed by atoms with Crippen molar-refractivity contribution in [1.82, 2.24) is 4.98 Å². The van der Waals surface area contributed by atoms with Crippen LogP contribution in [0.5, 0.6) is 0 Å². The molecular weight excluding hydrogens is 236 g/mol. The van der Waals surface area contributed by atoms with E-state index in [1.165, 1.54) is 0 Å². The van der Waals surface area contributed by atoms with Crippen LogP contribution in [-0.4, -0.2) is 13.4 Å². The summed E-state index contributed by atoms with van der Waals surface area (Å²) in [5, 5.41) is 7.59. The van der Waals surface area contributed by atoms with Gasteiger partial charge in [0.25, 0.3) is 0 Å². The average Bonchev–Trinajstić information content (AvgIpc) is 2.74. The van der Waals surface area contributed by atoms with Crippen LogP contribution in [0.2, 0.25) is 0 Å². The van der Waals surface area contributed by atoms with Crippen LogP contribution in [-0.2, 0) is 10.0 Å². The SMILES string of the molecule is NS(=O)(=O)c1cc2cc[nH]c2c2ccccc12. The fraction of sp³-hybridized carbons (Fsp3) is 0. The third kappa shape index (κ3) is 1.51. The molecule has 2 aromatic carbocycles. The molecule has 3 aromatic rings. The number of aromatic nitrogens is 1. The minimum atomic E-state index is -3.71. The van der Waals surface area contributed by atoms with Gasteiger partial charge in [-0.05, 0) is 12.1 Å². The Labute approximate surface area is 98.1 Å². The van der Waals surface area contributed by atoms with Crippen LogP contribution in [0.4, 0.5) is 0 Å². The van der Waals surface area contributed by atoms with Crippen LogP contribution in [0.25, 0.3) is 21.7 Å². The zero-order valence-electron chi connectivity index (χ0n) is 8.84. The summed E-state index contributed by atoms with van der Waals surface area (Å²) < 4.78 is 23.2. The normalized spacial score (nSPS) is 12.3. The summed E-state index contributed by atoms with van der Waals surface area (Å²) in [7, 11) is -3.71. The van der Waals surface area contributed by atoms with Gasteiger partial charge in [-0.2, -0.15) is 0 Å². The molecule has 0 aliphatic rings. The minimum Gasteiger partial charge on any atom is -0.361 e. The number of fused-ring (bicyclic) bond motifs is 3. The average molecular weight is 246 g/mol. The molecule has 4 nitrogen and oxygen atoms in total. The van der Waals surface area contributed by atoms with Gasteiger partial charge in [0, 0.05) is 22.4 Å². The molecule has 0 radical (unpaired) electrons. The lowest BCUT2D eigenvalue weighted by atomic mass is 10.1. The van der Waals surface area contributed by atoms with E-state index in [1.54, 1.807) is 24.4 Å². The molecule has 0 spiro atoms. The molecule has 0 bridgehead atoms. The van der Waals surface area contributed by atoms with Crippen molar-refractivity contribution >= 4 is 31.7 Å². The smallest absolute Gasteiger partial charge is 0.238 e. The molecule has 0 atom stereocenters. The van der Waals surface area contributed by atoms with Crippen LogP contribution >= 0.6 is 0 Å². The summed E-state index contributed by atoms with van der Waals surface area (Å²) in [5.74, 6) is 0. The first-order chi connectivity index (χ1) is 8.07. The van der Waals surface area contributed by atoms with Crippen molar-refractivity contribution in [3.8, 4) is 0 Å². The van der Waals surface area contributed by atoms with Crippen molar-refractivity contribution in [2.45, 2.75) is 4.90 Å². The molecule has 3 rings (SSSR count). The second kappa shape index (κ2) is 3.32. The topological polar surface area (TPSA) is 76.0 Å². The van der Waals surface area contributed by atoms with Gasteiger partial charge in [-0.3, -0.25) is 0 Å². The molecule has 3 N–H and O–H groups in total. The zero-order valence-corrected chi connectivity index (χ0v) is 9.66. The van der Waals surface area contributed by atoms with Gasteiger partial charge in [0.15, 0.2) is 0 Å². The van der Waals surface area contributed by atoms with Gasteiger partial charge < -0.3 is 4.98 Å². The van der Waals surface area contributed by atoms with Crippen molar-refractivity contribution in [1.29, 1.82) is 0 Å². The number of rotatable bonds is 1. The third-order valence-corrected chi connectivity index (χ3v) is 3.79. The largest absolute Gasteiger partial charge is 0.361 e. The molecule has 0 aliphatic carbocycles. The van der Waals surface area contributed by atoms with Crippen LogP contribution in [0.15, 0.2) is 47.5 Å². The van der Waals surface area contributed by atoms with E-state index in [0.29, 0.717) is 5.39 Å². The highest BCUT2D eigenvalue weighted by molar-refractivity contribution is 7.89. The van der Waals surface area contributed by atoms with Crippen molar-refractivity contribution in [2.75, 3.05) is 0 Å². The molecule has 0 saturated heterocycles. The first-order valence-corrected chi connectivity index (χ1v) is 6.63. The maximum absolute atomic E-state index is 11.6. The van der Waals surface area contributed by atoms with Crippen molar-refractivity contribution in [3.63, 3.8) is 0 Å². The zero-order chi connectivity index (χ0) is 12.0. The van der Waals surface area contributed by atoms with E-state index in [-0.39, 0.29) is 4.90 Å². The Morgan fingerprint density at radius 3 is 2.47 bits per heavy atom. The Hall–Kier alpha value is -1.85. The Morgan fingerprint density at radius 2 is 1.76 bits per heavy atom. The summed E-state index contributed by atoms with van der Waals surface area (Å²) in [6, 6.07) is 10.7. The lowest BCUT2D eigenvalue weighted by molar-refractivity contribution is 0.599. The first kappa shape index (κ1) is 10.3. The summed E-state index contributed by atoms with van der Waals surface area (Å²) in [6.07, 6.45) is 1.78. The minimum absolute atomic E-state index is 0.167. The van der Waals surface area contributed by atoms with Crippen LogP contribution < -0.4 is 5.14 Å². The Bertz CT molecular complexity index is 819.